The molecule has 1 fully saturated rings. The molecule has 3 aromatic rings. The van der Waals surface area contributed by atoms with E-state index in [1.165, 1.54) is 12.1 Å². The van der Waals surface area contributed by atoms with Gasteiger partial charge in [0.15, 0.2) is 0 Å². The highest BCUT2D eigenvalue weighted by Gasteiger charge is 2.38. The summed E-state index contributed by atoms with van der Waals surface area (Å²) in [5.74, 6) is 3.76. The van der Waals surface area contributed by atoms with Crippen LogP contribution in [0.4, 0.5) is 26.3 Å². The molecule has 0 spiro atoms. The Bertz CT molecular complexity index is 1550. The number of nitrogens with zero attached hydrogens (tertiary/aromatic N) is 1. The molecule has 0 saturated carbocycles. The molecule has 2 heterocycles. The van der Waals surface area contributed by atoms with Crippen LogP contribution in [0.15, 0.2) is 53.3 Å². The van der Waals surface area contributed by atoms with Crippen LogP contribution in [0.1, 0.15) is 41.3 Å². The largest absolute Gasteiger partial charge is 0.573 e. The molecule has 1 aliphatic heterocycles. The fourth-order valence-corrected chi connectivity index (χ4v) is 4.71. The first-order chi connectivity index (χ1) is 20.0. The number of H-pyrrole nitrogens is 1. The molecule has 2 N–H and O–H groups in total. The van der Waals surface area contributed by atoms with Crippen molar-refractivity contribution in [3.05, 3.63) is 86.3 Å². The Hall–Kier alpha value is -3.95. The minimum absolute atomic E-state index is 0.194. The fourth-order valence-electron chi connectivity index (χ4n) is 4.57. The number of aromatic nitrogens is 1. The third kappa shape index (κ3) is 9.80. The second kappa shape index (κ2) is 14.0. The summed E-state index contributed by atoms with van der Waals surface area (Å²) in [6, 6.07) is 13.7. The van der Waals surface area contributed by atoms with Gasteiger partial charge in [0.25, 0.3) is 0 Å². The molecule has 4 rings (SSSR count). The summed E-state index contributed by atoms with van der Waals surface area (Å²) in [6.45, 7) is 5.96. The summed E-state index contributed by atoms with van der Waals surface area (Å²) in [5, 5.41) is 7.32. The number of ether oxygens (including phenoxy) is 1. The van der Waals surface area contributed by atoms with Gasteiger partial charge in [-0.3, -0.25) is 9.69 Å². The van der Waals surface area contributed by atoms with Crippen LogP contribution >= 0.6 is 11.6 Å². The highest BCUT2D eigenvalue weighted by molar-refractivity contribution is 6.31. The molecule has 6 nitrogen and oxygen atoms in total. The molecule has 43 heavy (non-hydrogen) atoms. The van der Waals surface area contributed by atoms with Crippen molar-refractivity contribution in [2.45, 2.75) is 45.1 Å². The number of rotatable bonds is 4. The minimum atomic E-state index is -5.08. The first kappa shape index (κ1) is 33.6. The first-order valence-corrected chi connectivity index (χ1v) is 13.3. The van der Waals surface area contributed by atoms with Gasteiger partial charge in [-0.05, 0) is 81.1 Å². The zero-order chi connectivity index (χ0) is 31.9. The van der Waals surface area contributed by atoms with Crippen molar-refractivity contribution in [1.29, 1.82) is 0 Å². The van der Waals surface area contributed by atoms with Crippen molar-refractivity contribution in [3.63, 3.8) is 0 Å². The number of hydrogen-bond acceptors (Lipinski definition) is 4. The summed E-state index contributed by atoms with van der Waals surface area (Å²) in [5.41, 5.74) is 4.38. The lowest BCUT2D eigenvalue weighted by molar-refractivity contribution is -0.274. The van der Waals surface area contributed by atoms with Crippen LogP contribution in [0, 0.1) is 25.7 Å². The van der Waals surface area contributed by atoms with E-state index in [0.29, 0.717) is 23.7 Å². The van der Waals surface area contributed by atoms with E-state index in [4.69, 9.17) is 21.5 Å². The van der Waals surface area contributed by atoms with E-state index in [2.05, 4.69) is 26.5 Å². The summed E-state index contributed by atoms with van der Waals surface area (Å²) >= 11 is 6.17. The number of carbonyl (C=O) groups is 1. The maximum atomic E-state index is 12.7. The predicted molar refractivity (Wildman–Crippen MR) is 149 cm³/mol. The third-order valence-corrected chi connectivity index (χ3v) is 7.06. The van der Waals surface area contributed by atoms with E-state index in [0.717, 1.165) is 48.3 Å². The molecule has 0 unspecified atom stereocenters. The predicted octanol–water partition coefficient (Wildman–Crippen LogP) is 7.08. The van der Waals surface area contributed by atoms with E-state index in [9.17, 15) is 31.1 Å². The zero-order valence-corrected chi connectivity index (χ0v) is 23.8. The molecule has 1 aliphatic rings. The third-order valence-electron chi connectivity index (χ3n) is 6.61. The highest BCUT2D eigenvalue weighted by atomic mass is 35.5. The molecule has 0 radical (unpaired) electrons. The standard InChI is InChI=1S/C28H26ClF3N2O2.C2HF3O2/c1-18-25(27(35)26(29)19(2)33-18)23-7-3-5-20(17-23)6-4-14-34-15-12-22(13-16-34)21-8-10-24(11-9-21)36-28(30,31)32;3-2(4,5)1(6)7/h3,5,7-11,17,22H,12-16H2,1-2H3,(H,33,35);(H,6,7). The van der Waals surface area contributed by atoms with E-state index in [1.807, 2.05) is 31.2 Å². The highest BCUT2D eigenvalue weighted by Crippen LogP contribution is 2.30. The van der Waals surface area contributed by atoms with E-state index >= 15 is 0 Å². The Morgan fingerprint density at radius 1 is 1.05 bits per heavy atom. The van der Waals surface area contributed by atoms with Crippen LogP contribution in [0.2, 0.25) is 5.02 Å². The number of nitrogens with one attached hydrogen (secondary N) is 1. The molecule has 0 amide bonds. The number of aryl methyl sites for hydroxylation is 2. The molecule has 0 atom stereocenters. The topological polar surface area (TPSA) is 82.6 Å². The van der Waals surface area contributed by atoms with Gasteiger partial charge in [0.05, 0.1) is 6.54 Å². The molecule has 2 aromatic carbocycles. The Balaban J connectivity index is 0.000000646. The molecular formula is C30H27ClF6N2O4. The second-order valence-corrected chi connectivity index (χ2v) is 10.1. The number of carboxylic acids is 1. The van der Waals surface area contributed by atoms with Crippen LogP contribution < -0.4 is 10.2 Å². The maximum absolute atomic E-state index is 12.7. The van der Waals surface area contributed by atoms with E-state index in [1.54, 1.807) is 19.1 Å². The van der Waals surface area contributed by atoms with Gasteiger partial charge >= 0.3 is 18.5 Å². The Kier molecular flexibility index (Phi) is 10.9. The van der Waals surface area contributed by atoms with Crippen molar-refractivity contribution in [2.24, 2.45) is 0 Å². The number of benzene rings is 2. The van der Waals surface area contributed by atoms with Crippen LogP contribution in [-0.2, 0) is 4.79 Å². The van der Waals surface area contributed by atoms with Crippen LogP contribution in [-0.4, -0.2) is 53.1 Å². The fraction of sp³-hybridized carbons (Fsp3) is 0.333. The van der Waals surface area contributed by atoms with Gasteiger partial charge in [-0.1, -0.05) is 47.7 Å². The average molecular weight is 629 g/mol. The Morgan fingerprint density at radius 3 is 2.21 bits per heavy atom. The summed E-state index contributed by atoms with van der Waals surface area (Å²) < 4.78 is 72.7. The van der Waals surface area contributed by atoms with E-state index in [-0.39, 0.29) is 16.2 Å². The Labute approximate surface area is 248 Å². The smallest absolute Gasteiger partial charge is 0.475 e. The maximum Gasteiger partial charge on any atom is 0.573 e. The van der Waals surface area contributed by atoms with Gasteiger partial charge in [0.2, 0.25) is 5.43 Å². The number of hydrogen-bond donors (Lipinski definition) is 2. The van der Waals surface area contributed by atoms with E-state index < -0.39 is 18.5 Å². The zero-order valence-electron chi connectivity index (χ0n) is 23.0. The first-order valence-electron chi connectivity index (χ1n) is 12.9. The SMILES string of the molecule is Cc1[nH]c(C)c(-c2cccc(C#CCN3CCC(c4ccc(OC(F)(F)F)cc4)CC3)c2)c(=O)c1Cl.O=C(O)C(F)(F)F. The normalized spacial score (nSPS) is 14.3. The number of carboxylic acid groups (broad SMARTS) is 1. The number of aromatic amines is 1. The van der Waals surface area contributed by atoms with Gasteiger partial charge in [-0.2, -0.15) is 13.2 Å². The van der Waals surface area contributed by atoms with Crippen LogP contribution in [0.5, 0.6) is 5.75 Å². The Morgan fingerprint density at radius 2 is 1.65 bits per heavy atom. The number of pyridine rings is 1. The summed E-state index contributed by atoms with van der Waals surface area (Å²) in [6.07, 6.45) is -7.94. The van der Waals surface area contributed by atoms with Gasteiger partial charge in [-0.25, -0.2) is 4.79 Å². The number of halogens is 7. The van der Waals surface area contributed by atoms with Crippen molar-refractivity contribution in [3.8, 4) is 28.7 Å². The summed E-state index contributed by atoms with van der Waals surface area (Å²) in [4.78, 5) is 27.0. The second-order valence-electron chi connectivity index (χ2n) is 9.75. The lowest BCUT2D eigenvalue weighted by Crippen LogP contribution is -2.33. The lowest BCUT2D eigenvalue weighted by atomic mass is 9.89. The van der Waals surface area contributed by atoms with Crippen LogP contribution in [0.3, 0.4) is 0 Å². The number of piperidine rings is 1. The molecule has 0 aliphatic carbocycles. The van der Waals surface area contributed by atoms with Crippen molar-refractivity contribution in [1.82, 2.24) is 9.88 Å². The van der Waals surface area contributed by atoms with Gasteiger partial charge < -0.3 is 14.8 Å². The van der Waals surface area contributed by atoms with Crippen molar-refractivity contribution >= 4 is 17.6 Å². The number of aliphatic carboxylic acids is 1. The molecule has 0 bridgehead atoms. The molecule has 230 valence electrons. The van der Waals surface area contributed by atoms with Gasteiger partial charge in [0.1, 0.15) is 10.8 Å². The minimum Gasteiger partial charge on any atom is -0.475 e. The average Bonchev–Trinajstić information content (AvgIpc) is 2.92. The van der Waals surface area contributed by atoms with Crippen molar-refractivity contribution in [2.75, 3.05) is 19.6 Å². The molecular weight excluding hydrogens is 602 g/mol. The quantitative estimate of drug-likeness (QED) is 0.239. The summed E-state index contributed by atoms with van der Waals surface area (Å²) in [7, 11) is 0. The molecule has 1 saturated heterocycles. The monoisotopic (exact) mass is 628 g/mol. The molecule has 1 aromatic heterocycles. The number of alkyl halides is 6. The van der Waals surface area contributed by atoms with Crippen LogP contribution in [0.25, 0.3) is 11.1 Å². The number of likely N-dealkylation sites (tertiary alicyclic amines) is 1. The van der Waals surface area contributed by atoms with Gasteiger partial charge in [-0.15, -0.1) is 13.2 Å². The van der Waals surface area contributed by atoms with Gasteiger partial charge in [0, 0.05) is 22.5 Å². The lowest BCUT2D eigenvalue weighted by Gasteiger charge is -2.30. The van der Waals surface area contributed by atoms with Crippen molar-refractivity contribution < 1.29 is 41.0 Å². The molecule has 13 heteroatoms.